The molecule has 0 aliphatic rings. The molecule has 0 fully saturated rings. The number of terminal acetylenes is 1. The van der Waals surface area contributed by atoms with Gasteiger partial charge < -0.3 is 10.5 Å². The van der Waals surface area contributed by atoms with Gasteiger partial charge in [0.2, 0.25) is 0 Å². The maximum Gasteiger partial charge on any atom is 0.119 e. The number of nitrogens with two attached hydrogens (primary N) is 1. The Morgan fingerprint density at radius 3 is 2.57 bits per heavy atom. The van der Waals surface area contributed by atoms with Gasteiger partial charge in [-0.1, -0.05) is 12.1 Å². The van der Waals surface area contributed by atoms with Gasteiger partial charge in [0.1, 0.15) is 5.75 Å². The van der Waals surface area contributed by atoms with Crippen molar-refractivity contribution in [2.24, 2.45) is 5.73 Å². The molecule has 1 rings (SSSR count). The van der Waals surface area contributed by atoms with E-state index in [1.165, 1.54) is 0 Å². The molecule has 0 bridgehead atoms. The van der Waals surface area contributed by atoms with E-state index in [1.807, 2.05) is 24.3 Å². The van der Waals surface area contributed by atoms with Gasteiger partial charge in [-0.15, -0.1) is 12.3 Å². The molecule has 1 aromatic rings. The maximum atomic E-state index is 5.48. The summed E-state index contributed by atoms with van der Waals surface area (Å²) in [4.78, 5) is 0. The van der Waals surface area contributed by atoms with Crippen LogP contribution in [0.15, 0.2) is 24.3 Å². The number of hydrogen-bond acceptors (Lipinski definition) is 2. The first-order valence-electron chi connectivity index (χ1n) is 4.72. The Morgan fingerprint density at radius 2 is 2.00 bits per heavy atom. The van der Waals surface area contributed by atoms with Crippen LogP contribution < -0.4 is 10.5 Å². The highest BCUT2D eigenvalue weighted by Gasteiger charge is 1.93. The van der Waals surface area contributed by atoms with Gasteiger partial charge in [-0.25, -0.2) is 0 Å². The molecule has 0 aromatic heterocycles. The van der Waals surface area contributed by atoms with Crippen LogP contribution in [0.3, 0.4) is 0 Å². The van der Waals surface area contributed by atoms with Crippen molar-refractivity contribution in [1.82, 2.24) is 0 Å². The van der Waals surface area contributed by atoms with Gasteiger partial charge in [0.15, 0.2) is 0 Å². The average Bonchev–Trinajstić information content (AvgIpc) is 2.25. The van der Waals surface area contributed by atoms with Crippen LogP contribution in [-0.4, -0.2) is 6.61 Å². The normalized spacial score (nSPS) is 9.43. The second kappa shape index (κ2) is 6.06. The van der Waals surface area contributed by atoms with Crippen LogP contribution in [-0.2, 0) is 6.54 Å². The summed E-state index contributed by atoms with van der Waals surface area (Å²) in [6, 6.07) is 7.79. The van der Waals surface area contributed by atoms with Crippen LogP contribution in [0, 0.1) is 12.3 Å². The first-order chi connectivity index (χ1) is 6.86. The van der Waals surface area contributed by atoms with Gasteiger partial charge >= 0.3 is 0 Å². The Labute approximate surface area is 85.1 Å². The van der Waals surface area contributed by atoms with Crippen LogP contribution in [0.1, 0.15) is 18.4 Å². The average molecular weight is 189 g/mol. The van der Waals surface area contributed by atoms with Gasteiger partial charge in [0.25, 0.3) is 0 Å². The van der Waals surface area contributed by atoms with E-state index in [0.29, 0.717) is 13.2 Å². The number of benzene rings is 1. The Kier molecular flexibility index (Phi) is 4.60. The van der Waals surface area contributed by atoms with Crippen LogP contribution >= 0.6 is 0 Å². The molecule has 14 heavy (non-hydrogen) atoms. The lowest BCUT2D eigenvalue weighted by Crippen LogP contribution is -1.98. The third-order valence-electron chi connectivity index (χ3n) is 1.89. The predicted molar refractivity (Wildman–Crippen MR) is 57.9 cm³/mol. The molecular formula is C12H15NO. The Bertz CT molecular complexity index is 297. The summed E-state index contributed by atoms with van der Waals surface area (Å²) >= 11 is 0. The summed E-state index contributed by atoms with van der Waals surface area (Å²) in [7, 11) is 0. The summed E-state index contributed by atoms with van der Waals surface area (Å²) in [5.74, 6) is 3.45. The lowest BCUT2D eigenvalue weighted by atomic mass is 10.2. The van der Waals surface area contributed by atoms with Crippen molar-refractivity contribution in [3.05, 3.63) is 29.8 Å². The highest BCUT2D eigenvalue weighted by atomic mass is 16.5. The molecule has 0 saturated carbocycles. The molecule has 0 atom stereocenters. The highest BCUT2D eigenvalue weighted by Crippen LogP contribution is 2.11. The predicted octanol–water partition coefficient (Wildman–Crippen LogP) is 1.94. The van der Waals surface area contributed by atoms with Crippen LogP contribution in [0.5, 0.6) is 5.75 Å². The van der Waals surface area contributed by atoms with Crippen LogP contribution in [0.2, 0.25) is 0 Å². The molecule has 0 aliphatic heterocycles. The van der Waals surface area contributed by atoms with Gasteiger partial charge in [-0.2, -0.15) is 0 Å². The van der Waals surface area contributed by atoms with E-state index in [9.17, 15) is 0 Å². The molecule has 0 saturated heterocycles. The molecule has 2 heteroatoms. The minimum atomic E-state index is 0.567. The maximum absolute atomic E-state index is 5.48. The molecule has 2 N–H and O–H groups in total. The van der Waals surface area contributed by atoms with E-state index >= 15 is 0 Å². The van der Waals surface area contributed by atoms with Crippen molar-refractivity contribution in [3.63, 3.8) is 0 Å². The van der Waals surface area contributed by atoms with E-state index in [4.69, 9.17) is 16.9 Å². The van der Waals surface area contributed by atoms with Crippen molar-refractivity contribution in [2.75, 3.05) is 6.61 Å². The smallest absolute Gasteiger partial charge is 0.119 e. The molecule has 0 heterocycles. The number of hydrogen-bond donors (Lipinski definition) is 1. The zero-order valence-corrected chi connectivity index (χ0v) is 8.20. The van der Waals surface area contributed by atoms with Crippen LogP contribution in [0.25, 0.3) is 0 Å². The topological polar surface area (TPSA) is 35.2 Å². The molecule has 0 unspecified atom stereocenters. The Hall–Kier alpha value is -1.46. The van der Waals surface area contributed by atoms with Gasteiger partial charge in [-0.3, -0.25) is 0 Å². The largest absolute Gasteiger partial charge is 0.494 e. The van der Waals surface area contributed by atoms with Crippen molar-refractivity contribution in [2.45, 2.75) is 19.4 Å². The molecule has 0 aliphatic carbocycles. The first kappa shape index (κ1) is 10.6. The second-order valence-corrected chi connectivity index (χ2v) is 3.00. The number of unbranched alkanes of at least 4 members (excludes halogenated alkanes) is 1. The quantitative estimate of drug-likeness (QED) is 0.567. The van der Waals surface area contributed by atoms with Gasteiger partial charge in [0, 0.05) is 13.0 Å². The van der Waals surface area contributed by atoms with Crippen LogP contribution in [0.4, 0.5) is 0 Å². The van der Waals surface area contributed by atoms with E-state index < -0.39 is 0 Å². The lowest BCUT2D eigenvalue weighted by molar-refractivity contribution is 0.313. The van der Waals surface area contributed by atoms with E-state index in [1.54, 1.807) is 0 Å². The zero-order chi connectivity index (χ0) is 10.2. The summed E-state index contributed by atoms with van der Waals surface area (Å²) < 4.78 is 5.47. The summed E-state index contributed by atoms with van der Waals surface area (Å²) in [5, 5.41) is 0. The molecule has 0 amide bonds. The van der Waals surface area contributed by atoms with Crippen molar-refractivity contribution in [1.29, 1.82) is 0 Å². The van der Waals surface area contributed by atoms with Gasteiger partial charge in [0.05, 0.1) is 6.61 Å². The highest BCUT2D eigenvalue weighted by molar-refractivity contribution is 5.26. The molecule has 74 valence electrons. The minimum absolute atomic E-state index is 0.567. The molecular weight excluding hydrogens is 174 g/mol. The SMILES string of the molecule is C#CCCCOc1ccc(CN)cc1. The number of ether oxygens (including phenoxy) is 1. The fourth-order valence-corrected chi connectivity index (χ4v) is 1.09. The second-order valence-electron chi connectivity index (χ2n) is 3.00. The standard InChI is InChI=1S/C12H15NO/c1-2-3-4-9-14-12-7-5-11(10-13)6-8-12/h1,5-8H,3-4,9-10,13H2. The third kappa shape index (κ3) is 3.51. The molecule has 1 aromatic carbocycles. The fourth-order valence-electron chi connectivity index (χ4n) is 1.09. The fraction of sp³-hybridized carbons (Fsp3) is 0.333. The molecule has 2 nitrogen and oxygen atoms in total. The molecule has 0 spiro atoms. The summed E-state index contributed by atoms with van der Waals surface area (Å²) in [6.45, 7) is 1.24. The van der Waals surface area contributed by atoms with E-state index in [-0.39, 0.29) is 0 Å². The van der Waals surface area contributed by atoms with Gasteiger partial charge in [-0.05, 0) is 24.1 Å². The van der Waals surface area contributed by atoms with Crippen molar-refractivity contribution < 1.29 is 4.74 Å². The van der Waals surface area contributed by atoms with E-state index in [2.05, 4.69) is 5.92 Å². The summed E-state index contributed by atoms with van der Waals surface area (Å²) in [6.07, 6.45) is 6.79. The van der Waals surface area contributed by atoms with E-state index in [0.717, 1.165) is 24.2 Å². The van der Waals surface area contributed by atoms with Crippen molar-refractivity contribution in [3.8, 4) is 18.1 Å². The summed E-state index contributed by atoms with van der Waals surface area (Å²) in [5.41, 5.74) is 6.59. The third-order valence-corrected chi connectivity index (χ3v) is 1.89. The zero-order valence-electron chi connectivity index (χ0n) is 8.20. The van der Waals surface area contributed by atoms with Crippen molar-refractivity contribution >= 4 is 0 Å². The Morgan fingerprint density at radius 1 is 1.29 bits per heavy atom. The number of rotatable bonds is 5. The Balaban J connectivity index is 2.33. The minimum Gasteiger partial charge on any atom is -0.494 e. The molecule has 0 radical (unpaired) electrons. The lowest BCUT2D eigenvalue weighted by Gasteiger charge is -2.05. The monoisotopic (exact) mass is 189 g/mol. The first-order valence-corrected chi connectivity index (χ1v) is 4.72.